The number of thiophene rings is 1. The smallest absolute Gasteiger partial charge is 0.0945 e. The van der Waals surface area contributed by atoms with Crippen molar-refractivity contribution >= 4 is 17.0 Å². The van der Waals surface area contributed by atoms with E-state index < -0.39 is 6.10 Å². The zero-order valence-corrected chi connectivity index (χ0v) is 11.8. The van der Waals surface area contributed by atoms with Crippen LogP contribution in [0.25, 0.3) is 0 Å². The number of ether oxygens (including phenoxy) is 1. The molecule has 2 N–H and O–H groups in total. The van der Waals surface area contributed by atoms with Crippen LogP contribution in [0, 0.1) is 0 Å². The van der Waals surface area contributed by atoms with Crippen molar-refractivity contribution in [2.75, 3.05) is 18.5 Å². The molecular formula is C15H19NO2S. The lowest BCUT2D eigenvalue weighted by Gasteiger charge is -2.17. The monoisotopic (exact) mass is 277 g/mol. The lowest BCUT2D eigenvalue weighted by atomic mass is 10.1. The number of hydrogen-bond donors (Lipinski definition) is 2. The average Bonchev–Trinajstić information content (AvgIpc) is 2.96. The van der Waals surface area contributed by atoms with E-state index in [4.69, 9.17) is 4.74 Å². The van der Waals surface area contributed by atoms with Crippen LogP contribution >= 0.6 is 11.3 Å². The SMILES string of the molecule is CC(OCC(O)CNc1ccsc1)c1ccccc1. The third-order valence-electron chi connectivity index (χ3n) is 2.87. The van der Waals surface area contributed by atoms with E-state index in [1.54, 1.807) is 11.3 Å². The maximum Gasteiger partial charge on any atom is 0.0945 e. The molecule has 0 saturated carbocycles. The van der Waals surface area contributed by atoms with Crippen LogP contribution in [0.15, 0.2) is 47.2 Å². The molecule has 19 heavy (non-hydrogen) atoms. The Bertz CT molecular complexity index is 458. The zero-order valence-electron chi connectivity index (χ0n) is 11.0. The van der Waals surface area contributed by atoms with Crippen LogP contribution in [0.4, 0.5) is 5.69 Å². The van der Waals surface area contributed by atoms with Crippen LogP contribution in [-0.2, 0) is 4.74 Å². The van der Waals surface area contributed by atoms with E-state index in [9.17, 15) is 5.11 Å². The Morgan fingerprint density at radius 1 is 1.26 bits per heavy atom. The van der Waals surface area contributed by atoms with Gasteiger partial charge in [-0.25, -0.2) is 0 Å². The first-order chi connectivity index (χ1) is 9.25. The second-order valence-electron chi connectivity index (χ2n) is 4.43. The van der Waals surface area contributed by atoms with Gasteiger partial charge in [-0.1, -0.05) is 30.3 Å². The Kier molecular flexibility index (Phi) is 5.39. The molecule has 0 bridgehead atoms. The second-order valence-corrected chi connectivity index (χ2v) is 5.21. The first-order valence-corrected chi connectivity index (χ1v) is 7.30. The maximum absolute atomic E-state index is 9.86. The molecule has 0 aliphatic carbocycles. The number of hydrogen-bond acceptors (Lipinski definition) is 4. The van der Waals surface area contributed by atoms with Gasteiger partial charge in [0.25, 0.3) is 0 Å². The molecule has 0 fully saturated rings. The maximum atomic E-state index is 9.86. The summed E-state index contributed by atoms with van der Waals surface area (Å²) in [5.74, 6) is 0. The van der Waals surface area contributed by atoms with Crippen molar-refractivity contribution in [3.63, 3.8) is 0 Å². The van der Waals surface area contributed by atoms with E-state index in [2.05, 4.69) is 5.32 Å². The first kappa shape index (κ1) is 14.1. The van der Waals surface area contributed by atoms with Gasteiger partial charge < -0.3 is 15.2 Å². The molecule has 2 unspecified atom stereocenters. The molecule has 0 radical (unpaired) electrons. The summed E-state index contributed by atoms with van der Waals surface area (Å²) in [6.45, 7) is 2.82. The minimum atomic E-state index is -0.508. The molecule has 0 aliphatic heterocycles. The molecule has 1 aromatic carbocycles. The highest BCUT2D eigenvalue weighted by Gasteiger charge is 2.09. The quantitative estimate of drug-likeness (QED) is 0.816. The Labute approximate surface area is 117 Å². The number of anilines is 1. The predicted octanol–water partition coefficient (Wildman–Crippen LogP) is 3.30. The Balaban J connectivity index is 1.70. The molecule has 0 aliphatic rings. The second kappa shape index (κ2) is 7.28. The molecule has 0 saturated heterocycles. The van der Waals surface area contributed by atoms with Gasteiger partial charge in [0.05, 0.1) is 18.8 Å². The van der Waals surface area contributed by atoms with Crippen LogP contribution in [-0.4, -0.2) is 24.4 Å². The molecule has 2 aromatic rings. The summed E-state index contributed by atoms with van der Waals surface area (Å²) >= 11 is 1.63. The molecule has 102 valence electrons. The number of benzene rings is 1. The van der Waals surface area contributed by atoms with E-state index in [-0.39, 0.29) is 6.10 Å². The standard InChI is InChI=1S/C15H19NO2S/c1-12(13-5-3-2-4-6-13)18-10-15(17)9-16-14-7-8-19-11-14/h2-8,11-12,15-17H,9-10H2,1H3. The highest BCUT2D eigenvalue weighted by molar-refractivity contribution is 7.08. The van der Waals surface area contributed by atoms with E-state index in [1.807, 2.05) is 54.1 Å². The van der Waals surface area contributed by atoms with Gasteiger partial charge in [-0.15, -0.1) is 0 Å². The van der Waals surface area contributed by atoms with Crippen molar-refractivity contribution in [3.05, 3.63) is 52.7 Å². The van der Waals surface area contributed by atoms with Crippen LogP contribution in [0.5, 0.6) is 0 Å². The lowest BCUT2D eigenvalue weighted by molar-refractivity contribution is 0.00244. The van der Waals surface area contributed by atoms with Gasteiger partial charge >= 0.3 is 0 Å². The van der Waals surface area contributed by atoms with Crippen LogP contribution in [0.1, 0.15) is 18.6 Å². The molecule has 0 spiro atoms. The number of aliphatic hydroxyl groups is 1. The summed E-state index contributed by atoms with van der Waals surface area (Å²) in [5, 5.41) is 17.0. The molecule has 2 rings (SSSR count). The van der Waals surface area contributed by atoms with Gasteiger partial charge in [0.1, 0.15) is 0 Å². The molecule has 3 nitrogen and oxygen atoms in total. The summed E-state index contributed by atoms with van der Waals surface area (Å²) in [6, 6.07) is 12.0. The Morgan fingerprint density at radius 2 is 2.05 bits per heavy atom. The van der Waals surface area contributed by atoms with Gasteiger partial charge in [0, 0.05) is 17.6 Å². The Morgan fingerprint density at radius 3 is 2.74 bits per heavy atom. The highest BCUT2D eigenvalue weighted by atomic mass is 32.1. The minimum absolute atomic E-state index is 0.00278. The van der Waals surface area contributed by atoms with Crippen molar-refractivity contribution in [3.8, 4) is 0 Å². The van der Waals surface area contributed by atoms with Crippen molar-refractivity contribution in [2.24, 2.45) is 0 Å². The molecule has 4 heteroatoms. The third kappa shape index (κ3) is 4.67. The van der Waals surface area contributed by atoms with E-state index in [0.717, 1.165) is 11.3 Å². The largest absolute Gasteiger partial charge is 0.389 e. The summed E-state index contributed by atoms with van der Waals surface area (Å²) in [7, 11) is 0. The van der Waals surface area contributed by atoms with Crippen molar-refractivity contribution in [1.29, 1.82) is 0 Å². The average molecular weight is 277 g/mol. The van der Waals surface area contributed by atoms with E-state index >= 15 is 0 Å². The topological polar surface area (TPSA) is 41.5 Å². The minimum Gasteiger partial charge on any atom is -0.389 e. The van der Waals surface area contributed by atoms with Gasteiger partial charge in [-0.2, -0.15) is 11.3 Å². The summed E-state index contributed by atoms with van der Waals surface area (Å²) < 4.78 is 5.67. The van der Waals surface area contributed by atoms with Crippen LogP contribution < -0.4 is 5.32 Å². The van der Waals surface area contributed by atoms with Crippen molar-refractivity contribution in [2.45, 2.75) is 19.1 Å². The van der Waals surface area contributed by atoms with Gasteiger partial charge in [0.15, 0.2) is 0 Å². The van der Waals surface area contributed by atoms with Gasteiger partial charge in [-0.05, 0) is 23.9 Å². The first-order valence-electron chi connectivity index (χ1n) is 6.36. The van der Waals surface area contributed by atoms with Crippen molar-refractivity contribution in [1.82, 2.24) is 0 Å². The number of rotatable bonds is 7. The molecule has 1 heterocycles. The van der Waals surface area contributed by atoms with E-state index in [1.165, 1.54) is 0 Å². The molecule has 1 aromatic heterocycles. The summed E-state index contributed by atoms with van der Waals surface area (Å²) in [4.78, 5) is 0. The molecular weight excluding hydrogens is 258 g/mol. The fourth-order valence-corrected chi connectivity index (χ4v) is 2.35. The molecule has 0 amide bonds. The zero-order chi connectivity index (χ0) is 13.5. The normalized spacial score (nSPS) is 14.0. The Hall–Kier alpha value is -1.36. The van der Waals surface area contributed by atoms with Crippen LogP contribution in [0.2, 0.25) is 0 Å². The van der Waals surface area contributed by atoms with Gasteiger partial charge in [0.2, 0.25) is 0 Å². The fraction of sp³-hybridized carbons (Fsp3) is 0.333. The lowest BCUT2D eigenvalue weighted by Crippen LogP contribution is -2.25. The van der Waals surface area contributed by atoms with Crippen LogP contribution in [0.3, 0.4) is 0 Å². The van der Waals surface area contributed by atoms with Crippen molar-refractivity contribution < 1.29 is 9.84 Å². The fourth-order valence-electron chi connectivity index (χ4n) is 1.74. The third-order valence-corrected chi connectivity index (χ3v) is 3.55. The molecule has 2 atom stereocenters. The highest BCUT2D eigenvalue weighted by Crippen LogP contribution is 2.16. The van der Waals surface area contributed by atoms with Gasteiger partial charge in [-0.3, -0.25) is 0 Å². The number of nitrogens with one attached hydrogen (secondary N) is 1. The summed E-state index contributed by atoms with van der Waals surface area (Å²) in [6.07, 6.45) is -0.511. The summed E-state index contributed by atoms with van der Waals surface area (Å²) in [5.41, 5.74) is 2.17. The number of aliphatic hydroxyl groups excluding tert-OH is 1. The van der Waals surface area contributed by atoms with E-state index in [0.29, 0.717) is 13.2 Å². The predicted molar refractivity (Wildman–Crippen MR) is 79.6 cm³/mol.